The summed E-state index contributed by atoms with van der Waals surface area (Å²) in [6, 6.07) is 9.34. The average Bonchev–Trinajstić information content (AvgIpc) is 3.25. The molecule has 0 bridgehead atoms. The quantitative estimate of drug-likeness (QED) is 0.598. The number of benzene rings is 1. The van der Waals surface area contributed by atoms with Gasteiger partial charge in [0.1, 0.15) is 0 Å². The van der Waals surface area contributed by atoms with Crippen molar-refractivity contribution in [2.24, 2.45) is 5.14 Å². The standard InChI is InChI=1S/C15H14N4O4S3/c1-9(25-15-19-18-14(23-15)12-3-2-8-24-12)13(20)17-10-4-6-11(7-5-10)26(16,21)22/h2-9H,1H3,(H,17,20)(H2,16,21,22)/t9-/m1/s1. The number of carbonyl (C=O) groups excluding carboxylic acids is 1. The van der Waals surface area contributed by atoms with Crippen LogP contribution < -0.4 is 10.5 Å². The Morgan fingerprint density at radius 2 is 2.00 bits per heavy atom. The van der Waals surface area contributed by atoms with Gasteiger partial charge in [-0.15, -0.1) is 21.5 Å². The second-order valence-corrected chi connectivity index (χ2v) is 8.97. The van der Waals surface area contributed by atoms with Crippen LogP contribution >= 0.6 is 23.1 Å². The monoisotopic (exact) mass is 410 g/mol. The molecule has 0 saturated heterocycles. The highest BCUT2D eigenvalue weighted by atomic mass is 32.2. The van der Waals surface area contributed by atoms with Crippen molar-refractivity contribution in [2.75, 3.05) is 5.32 Å². The van der Waals surface area contributed by atoms with E-state index in [2.05, 4.69) is 15.5 Å². The van der Waals surface area contributed by atoms with Gasteiger partial charge in [0, 0.05) is 5.69 Å². The molecule has 1 amide bonds. The van der Waals surface area contributed by atoms with Gasteiger partial charge in [-0.25, -0.2) is 13.6 Å². The minimum atomic E-state index is -3.77. The fourth-order valence-electron chi connectivity index (χ4n) is 1.93. The van der Waals surface area contributed by atoms with E-state index in [0.717, 1.165) is 16.6 Å². The van der Waals surface area contributed by atoms with Gasteiger partial charge < -0.3 is 9.73 Å². The molecule has 1 aromatic carbocycles. The van der Waals surface area contributed by atoms with Crippen molar-refractivity contribution in [3.8, 4) is 10.8 Å². The Morgan fingerprint density at radius 1 is 1.27 bits per heavy atom. The van der Waals surface area contributed by atoms with Crippen molar-refractivity contribution in [3.63, 3.8) is 0 Å². The van der Waals surface area contributed by atoms with Gasteiger partial charge in [0.15, 0.2) is 0 Å². The zero-order chi connectivity index (χ0) is 18.7. The molecule has 2 heterocycles. The number of nitrogens with one attached hydrogen (secondary N) is 1. The number of hydrogen-bond acceptors (Lipinski definition) is 8. The molecule has 0 saturated carbocycles. The summed E-state index contributed by atoms with van der Waals surface area (Å²) in [6.45, 7) is 1.70. The number of amides is 1. The number of thiophene rings is 1. The number of rotatable bonds is 6. The number of sulfonamides is 1. The molecule has 1 atom stereocenters. The number of nitrogens with two attached hydrogens (primary N) is 1. The van der Waals surface area contributed by atoms with E-state index in [1.165, 1.54) is 35.6 Å². The van der Waals surface area contributed by atoms with Crippen LogP contribution in [0, 0.1) is 0 Å². The normalized spacial score (nSPS) is 12.7. The topological polar surface area (TPSA) is 128 Å². The summed E-state index contributed by atoms with van der Waals surface area (Å²) in [5.41, 5.74) is 0.458. The van der Waals surface area contributed by atoms with Crippen LogP contribution in [0.15, 0.2) is 56.3 Å². The third-order valence-corrected chi connectivity index (χ3v) is 5.96. The number of anilines is 1. The molecule has 8 nitrogen and oxygen atoms in total. The van der Waals surface area contributed by atoms with Gasteiger partial charge in [0.05, 0.1) is 15.0 Å². The number of primary sulfonamides is 1. The maximum atomic E-state index is 12.3. The van der Waals surface area contributed by atoms with Crippen molar-refractivity contribution in [3.05, 3.63) is 41.8 Å². The molecule has 2 aromatic heterocycles. The molecule has 0 aliphatic rings. The second-order valence-electron chi connectivity index (χ2n) is 5.17. The smallest absolute Gasteiger partial charge is 0.277 e. The summed E-state index contributed by atoms with van der Waals surface area (Å²) in [4.78, 5) is 13.1. The Bertz CT molecular complexity index is 998. The lowest BCUT2D eigenvalue weighted by Gasteiger charge is -2.10. The Hall–Kier alpha value is -2.21. The van der Waals surface area contributed by atoms with Crippen LogP contribution in [0.1, 0.15) is 6.92 Å². The molecule has 3 N–H and O–H groups in total. The van der Waals surface area contributed by atoms with Crippen molar-refractivity contribution in [1.29, 1.82) is 0 Å². The van der Waals surface area contributed by atoms with Crippen LogP contribution in [0.25, 0.3) is 10.8 Å². The van der Waals surface area contributed by atoms with Crippen molar-refractivity contribution < 1.29 is 17.6 Å². The van der Waals surface area contributed by atoms with E-state index >= 15 is 0 Å². The highest BCUT2D eigenvalue weighted by molar-refractivity contribution is 8.00. The zero-order valence-corrected chi connectivity index (χ0v) is 15.9. The van der Waals surface area contributed by atoms with E-state index in [-0.39, 0.29) is 10.8 Å². The zero-order valence-electron chi connectivity index (χ0n) is 13.4. The lowest BCUT2D eigenvalue weighted by molar-refractivity contribution is -0.115. The van der Waals surface area contributed by atoms with Gasteiger partial charge in [-0.1, -0.05) is 17.8 Å². The first kappa shape index (κ1) is 18.6. The number of aromatic nitrogens is 2. The molecule has 0 fully saturated rings. The Morgan fingerprint density at radius 3 is 2.62 bits per heavy atom. The molecule has 0 aliphatic heterocycles. The molecule has 3 aromatic rings. The predicted octanol–water partition coefficient (Wildman–Crippen LogP) is 2.56. The molecular weight excluding hydrogens is 396 g/mol. The number of thioether (sulfide) groups is 1. The Balaban J connectivity index is 1.61. The van der Waals surface area contributed by atoms with Crippen LogP contribution in [0.4, 0.5) is 5.69 Å². The van der Waals surface area contributed by atoms with Crippen LogP contribution in [0.3, 0.4) is 0 Å². The molecular formula is C15H14N4O4S3. The summed E-state index contributed by atoms with van der Waals surface area (Å²) in [7, 11) is -3.77. The van der Waals surface area contributed by atoms with E-state index in [0.29, 0.717) is 16.8 Å². The summed E-state index contributed by atoms with van der Waals surface area (Å²) in [5, 5.41) is 17.3. The molecule has 0 aliphatic carbocycles. The third-order valence-electron chi connectivity index (χ3n) is 3.24. The summed E-state index contributed by atoms with van der Waals surface area (Å²) in [5.74, 6) is 0.128. The first-order valence-corrected chi connectivity index (χ1v) is 10.6. The molecule has 0 unspecified atom stereocenters. The molecule has 11 heteroatoms. The van der Waals surface area contributed by atoms with Gasteiger partial charge in [-0.05, 0) is 42.6 Å². The van der Waals surface area contributed by atoms with E-state index < -0.39 is 15.3 Å². The molecule has 0 radical (unpaired) electrons. The van der Waals surface area contributed by atoms with Crippen LogP contribution in [0.2, 0.25) is 0 Å². The highest BCUT2D eigenvalue weighted by Gasteiger charge is 2.19. The lowest BCUT2D eigenvalue weighted by Crippen LogP contribution is -2.22. The van der Waals surface area contributed by atoms with E-state index in [9.17, 15) is 13.2 Å². The molecule has 136 valence electrons. The minimum absolute atomic E-state index is 0.0233. The molecule has 0 spiro atoms. The number of nitrogens with zero attached hydrogens (tertiary/aromatic N) is 2. The van der Waals surface area contributed by atoms with Gasteiger partial charge in [0.25, 0.3) is 11.1 Å². The predicted molar refractivity (Wildman–Crippen MR) is 99.4 cm³/mol. The van der Waals surface area contributed by atoms with Crippen molar-refractivity contribution in [1.82, 2.24) is 10.2 Å². The lowest BCUT2D eigenvalue weighted by atomic mass is 10.3. The van der Waals surface area contributed by atoms with Crippen molar-refractivity contribution in [2.45, 2.75) is 22.3 Å². The minimum Gasteiger partial charge on any atom is -0.410 e. The van der Waals surface area contributed by atoms with Crippen LogP contribution in [-0.2, 0) is 14.8 Å². The average molecular weight is 411 g/mol. The fraction of sp³-hybridized carbons (Fsp3) is 0.133. The summed E-state index contributed by atoms with van der Waals surface area (Å²) in [6.07, 6.45) is 0. The second kappa shape index (κ2) is 7.58. The first-order valence-electron chi connectivity index (χ1n) is 7.31. The van der Waals surface area contributed by atoms with E-state index in [1.807, 2.05) is 17.5 Å². The van der Waals surface area contributed by atoms with Gasteiger partial charge >= 0.3 is 0 Å². The van der Waals surface area contributed by atoms with Gasteiger partial charge in [-0.2, -0.15) is 0 Å². The highest BCUT2D eigenvalue weighted by Crippen LogP contribution is 2.28. The fourth-order valence-corrected chi connectivity index (χ4v) is 3.78. The molecule has 3 rings (SSSR count). The molecule has 26 heavy (non-hydrogen) atoms. The van der Waals surface area contributed by atoms with Crippen molar-refractivity contribution >= 4 is 44.7 Å². The first-order chi connectivity index (χ1) is 12.3. The maximum absolute atomic E-state index is 12.3. The third kappa shape index (κ3) is 4.49. The Kier molecular flexibility index (Phi) is 5.41. The van der Waals surface area contributed by atoms with E-state index in [4.69, 9.17) is 9.56 Å². The van der Waals surface area contributed by atoms with E-state index in [1.54, 1.807) is 6.92 Å². The SMILES string of the molecule is C[C@@H](Sc1nnc(-c2cccs2)o1)C(=O)Nc1ccc(S(N)(=O)=O)cc1. The Labute approximate surface area is 157 Å². The van der Waals surface area contributed by atoms with Gasteiger partial charge in [0.2, 0.25) is 15.9 Å². The largest absolute Gasteiger partial charge is 0.410 e. The maximum Gasteiger partial charge on any atom is 0.277 e. The van der Waals surface area contributed by atoms with Gasteiger partial charge in [-0.3, -0.25) is 4.79 Å². The summed E-state index contributed by atoms with van der Waals surface area (Å²) < 4.78 is 28.0. The summed E-state index contributed by atoms with van der Waals surface area (Å²) >= 11 is 2.62. The van der Waals surface area contributed by atoms with Crippen LogP contribution in [-0.4, -0.2) is 29.8 Å². The van der Waals surface area contributed by atoms with Crippen LogP contribution in [0.5, 0.6) is 0 Å². The number of carbonyl (C=O) groups is 1. The number of hydrogen-bond donors (Lipinski definition) is 2.